The zero-order chi connectivity index (χ0) is 16.5. The Labute approximate surface area is 136 Å². The number of carbonyl (C=O) groups excluding carboxylic acids is 1. The SMILES string of the molecule is COc1ccc(C=CCNC(=O)OCc2ccccc2)c(C)c1. The third-order valence-electron chi connectivity index (χ3n) is 3.35. The summed E-state index contributed by atoms with van der Waals surface area (Å²) < 4.78 is 10.3. The van der Waals surface area contributed by atoms with Crippen molar-refractivity contribution in [2.24, 2.45) is 0 Å². The first-order valence-corrected chi connectivity index (χ1v) is 7.45. The Morgan fingerprint density at radius 2 is 1.96 bits per heavy atom. The van der Waals surface area contributed by atoms with E-state index < -0.39 is 6.09 Å². The first kappa shape index (κ1) is 16.6. The molecule has 1 amide bonds. The highest BCUT2D eigenvalue weighted by molar-refractivity contribution is 5.67. The Morgan fingerprint density at radius 1 is 1.17 bits per heavy atom. The number of alkyl carbamates (subject to hydrolysis) is 1. The molecular weight excluding hydrogens is 290 g/mol. The first-order chi connectivity index (χ1) is 11.2. The van der Waals surface area contributed by atoms with Crippen LogP contribution in [0.3, 0.4) is 0 Å². The van der Waals surface area contributed by atoms with Crippen LogP contribution in [-0.4, -0.2) is 19.7 Å². The highest BCUT2D eigenvalue weighted by Crippen LogP contribution is 2.17. The molecule has 0 radical (unpaired) electrons. The Hall–Kier alpha value is -2.75. The molecule has 2 aromatic carbocycles. The minimum absolute atomic E-state index is 0.272. The van der Waals surface area contributed by atoms with Crippen LogP contribution in [-0.2, 0) is 11.3 Å². The Balaban J connectivity index is 1.74. The van der Waals surface area contributed by atoms with Crippen LogP contribution in [0.5, 0.6) is 5.75 Å². The number of nitrogens with one attached hydrogen (secondary N) is 1. The normalized spacial score (nSPS) is 10.5. The van der Waals surface area contributed by atoms with Crippen molar-refractivity contribution in [2.45, 2.75) is 13.5 Å². The highest BCUT2D eigenvalue weighted by Gasteiger charge is 2.00. The van der Waals surface area contributed by atoms with Crippen molar-refractivity contribution < 1.29 is 14.3 Å². The lowest BCUT2D eigenvalue weighted by Crippen LogP contribution is -2.24. The van der Waals surface area contributed by atoms with E-state index in [1.54, 1.807) is 7.11 Å². The quantitative estimate of drug-likeness (QED) is 0.879. The lowest BCUT2D eigenvalue weighted by molar-refractivity contribution is 0.141. The van der Waals surface area contributed by atoms with Gasteiger partial charge in [-0.3, -0.25) is 0 Å². The summed E-state index contributed by atoms with van der Waals surface area (Å²) in [4.78, 5) is 11.6. The maximum Gasteiger partial charge on any atom is 0.407 e. The second-order valence-electron chi connectivity index (χ2n) is 5.07. The summed E-state index contributed by atoms with van der Waals surface area (Å²) in [6, 6.07) is 15.5. The molecule has 0 aliphatic heterocycles. The monoisotopic (exact) mass is 311 g/mol. The molecule has 4 nitrogen and oxygen atoms in total. The number of hydrogen-bond donors (Lipinski definition) is 1. The average molecular weight is 311 g/mol. The summed E-state index contributed by atoms with van der Waals surface area (Å²) in [7, 11) is 1.65. The highest BCUT2D eigenvalue weighted by atomic mass is 16.5. The lowest BCUT2D eigenvalue weighted by atomic mass is 10.1. The molecule has 0 bridgehead atoms. The molecule has 0 saturated carbocycles. The molecule has 0 atom stereocenters. The van der Waals surface area contributed by atoms with Crippen LogP contribution in [0, 0.1) is 6.92 Å². The predicted octanol–water partition coefficient (Wildman–Crippen LogP) is 3.94. The number of amides is 1. The summed E-state index contributed by atoms with van der Waals surface area (Å²) >= 11 is 0. The van der Waals surface area contributed by atoms with Gasteiger partial charge in [-0.05, 0) is 35.7 Å². The summed E-state index contributed by atoms with van der Waals surface area (Å²) in [6.07, 6.45) is 3.43. The van der Waals surface area contributed by atoms with Crippen molar-refractivity contribution in [3.63, 3.8) is 0 Å². The molecule has 0 aromatic heterocycles. The number of hydrogen-bond acceptors (Lipinski definition) is 3. The molecule has 1 N–H and O–H groups in total. The van der Waals surface area contributed by atoms with Gasteiger partial charge in [-0.2, -0.15) is 0 Å². The van der Waals surface area contributed by atoms with Crippen molar-refractivity contribution in [1.29, 1.82) is 0 Å². The molecule has 4 heteroatoms. The van der Waals surface area contributed by atoms with E-state index in [9.17, 15) is 4.79 Å². The first-order valence-electron chi connectivity index (χ1n) is 7.45. The van der Waals surface area contributed by atoms with E-state index in [0.29, 0.717) is 6.54 Å². The van der Waals surface area contributed by atoms with Crippen molar-refractivity contribution in [2.75, 3.05) is 13.7 Å². The molecule has 23 heavy (non-hydrogen) atoms. The van der Waals surface area contributed by atoms with E-state index in [-0.39, 0.29) is 6.61 Å². The smallest absolute Gasteiger partial charge is 0.407 e. The van der Waals surface area contributed by atoms with Gasteiger partial charge in [-0.15, -0.1) is 0 Å². The van der Waals surface area contributed by atoms with Gasteiger partial charge in [-0.1, -0.05) is 48.6 Å². The van der Waals surface area contributed by atoms with Crippen LogP contribution < -0.4 is 10.1 Å². The van der Waals surface area contributed by atoms with Gasteiger partial charge in [0.25, 0.3) is 0 Å². The van der Waals surface area contributed by atoms with Gasteiger partial charge in [-0.25, -0.2) is 4.79 Å². The largest absolute Gasteiger partial charge is 0.497 e. The van der Waals surface area contributed by atoms with Gasteiger partial charge >= 0.3 is 6.09 Å². The summed E-state index contributed by atoms with van der Waals surface area (Å²) in [5, 5.41) is 2.69. The second kappa shape index (κ2) is 8.63. The molecule has 0 fully saturated rings. The Morgan fingerprint density at radius 3 is 2.65 bits per heavy atom. The molecule has 0 aliphatic rings. The van der Waals surface area contributed by atoms with Crippen LogP contribution in [0.2, 0.25) is 0 Å². The molecule has 0 heterocycles. The predicted molar refractivity (Wildman–Crippen MR) is 91.4 cm³/mol. The van der Waals surface area contributed by atoms with Gasteiger partial charge in [0.05, 0.1) is 7.11 Å². The van der Waals surface area contributed by atoms with Crippen molar-refractivity contribution in [3.8, 4) is 5.75 Å². The van der Waals surface area contributed by atoms with Crippen LogP contribution in [0.4, 0.5) is 4.79 Å². The minimum atomic E-state index is -0.426. The van der Waals surface area contributed by atoms with Crippen LogP contribution in [0.25, 0.3) is 6.08 Å². The molecular formula is C19H21NO3. The van der Waals surface area contributed by atoms with E-state index in [2.05, 4.69) is 5.32 Å². The molecule has 0 unspecified atom stereocenters. The zero-order valence-electron chi connectivity index (χ0n) is 13.4. The maximum absolute atomic E-state index is 11.6. The lowest BCUT2D eigenvalue weighted by Gasteiger charge is -2.06. The molecule has 0 saturated heterocycles. The third-order valence-corrected chi connectivity index (χ3v) is 3.35. The van der Waals surface area contributed by atoms with Gasteiger partial charge in [0.1, 0.15) is 12.4 Å². The Kier molecular flexibility index (Phi) is 6.24. The Bertz CT molecular complexity index is 666. The standard InChI is InChI=1S/C19H21NO3/c1-15-13-18(22-2)11-10-17(15)9-6-12-20-19(21)23-14-16-7-4-3-5-8-16/h3-11,13H,12,14H2,1-2H3,(H,20,21). The van der Waals surface area contributed by atoms with Gasteiger partial charge in [0.2, 0.25) is 0 Å². The number of methoxy groups -OCH3 is 1. The fourth-order valence-electron chi connectivity index (χ4n) is 2.06. The summed E-state index contributed by atoms with van der Waals surface area (Å²) in [5.74, 6) is 0.835. The fourth-order valence-corrected chi connectivity index (χ4v) is 2.06. The van der Waals surface area contributed by atoms with Crippen molar-refractivity contribution in [3.05, 3.63) is 71.3 Å². The molecule has 0 aliphatic carbocycles. The van der Waals surface area contributed by atoms with E-state index in [0.717, 1.165) is 22.4 Å². The number of ether oxygens (including phenoxy) is 2. The van der Waals surface area contributed by atoms with Crippen LogP contribution in [0.15, 0.2) is 54.6 Å². The van der Waals surface area contributed by atoms with Crippen LogP contribution in [0.1, 0.15) is 16.7 Å². The van der Waals surface area contributed by atoms with Gasteiger partial charge in [0, 0.05) is 6.54 Å². The van der Waals surface area contributed by atoms with E-state index in [4.69, 9.17) is 9.47 Å². The zero-order valence-corrected chi connectivity index (χ0v) is 13.4. The van der Waals surface area contributed by atoms with Crippen LogP contribution >= 0.6 is 0 Å². The topological polar surface area (TPSA) is 47.6 Å². The fraction of sp³-hybridized carbons (Fsp3) is 0.211. The van der Waals surface area contributed by atoms with E-state index in [1.165, 1.54) is 0 Å². The third kappa shape index (κ3) is 5.51. The van der Waals surface area contributed by atoms with Crippen molar-refractivity contribution in [1.82, 2.24) is 5.32 Å². The second-order valence-corrected chi connectivity index (χ2v) is 5.07. The molecule has 2 rings (SSSR count). The van der Waals surface area contributed by atoms with E-state index >= 15 is 0 Å². The van der Waals surface area contributed by atoms with Gasteiger partial charge < -0.3 is 14.8 Å². The molecule has 120 valence electrons. The molecule has 2 aromatic rings. The molecule has 0 spiro atoms. The summed E-state index contributed by atoms with van der Waals surface area (Å²) in [6.45, 7) is 2.71. The number of benzene rings is 2. The summed E-state index contributed by atoms with van der Waals surface area (Å²) in [5.41, 5.74) is 3.17. The maximum atomic E-state index is 11.6. The minimum Gasteiger partial charge on any atom is -0.497 e. The van der Waals surface area contributed by atoms with Gasteiger partial charge in [0.15, 0.2) is 0 Å². The van der Waals surface area contributed by atoms with E-state index in [1.807, 2.05) is 67.6 Å². The number of carbonyl (C=O) groups is 1. The average Bonchev–Trinajstić information content (AvgIpc) is 2.58. The van der Waals surface area contributed by atoms with Crippen molar-refractivity contribution >= 4 is 12.2 Å². The number of rotatable bonds is 6. The number of aryl methyl sites for hydroxylation is 1.